The van der Waals surface area contributed by atoms with Crippen LogP contribution < -0.4 is 16.0 Å². The summed E-state index contributed by atoms with van der Waals surface area (Å²) in [6.07, 6.45) is 14.0. The number of carbonyl (C=O) groups is 6. The maximum atomic E-state index is 14.3. The van der Waals surface area contributed by atoms with Gasteiger partial charge in [-0.05, 0) is 61.7 Å². The summed E-state index contributed by atoms with van der Waals surface area (Å²) in [6.45, 7) is 5.84. The molecule has 3 aliphatic carbocycles. The smallest absolute Gasteiger partial charge is 0.316 e. The quantitative estimate of drug-likeness (QED) is 0.361. The van der Waals surface area contributed by atoms with Crippen molar-refractivity contribution in [1.82, 2.24) is 20.9 Å². The topological polar surface area (TPSA) is 142 Å². The average molecular weight is 627 g/mol. The zero-order chi connectivity index (χ0) is 32.3. The third-order valence-electron chi connectivity index (χ3n) is 11.5. The Bertz CT molecular complexity index is 1160. The molecule has 0 radical (unpaired) electrons. The summed E-state index contributed by atoms with van der Waals surface area (Å²) in [7, 11) is 0. The first-order valence-electron chi connectivity index (χ1n) is 17.8. The number of urea groups is 1. The fourth-order valence-electron chi connectivity index (χ4n) is 8.47. The highest BCUT2D eigenvalue weighted by Crippen LogP contribution is 2.65. The first kappa shape index (κ1) is 33.6. The normalized spacial score (nSPS) is 32.0. The second-order valence-electron chi connectivity index (χ2n) is 15.1. The molecule has 0 aromatic carbocycles. The predicted molar refractivity (Wildman–Crippen MR) is 169 cm³/mol. The molecule has 0 unspecified atom stereocenters. The van der Waals surface area contributed by atoms with Gasteiger partial charge in [-0.3, -0.25) is 24.0 Å². The number of rotatable bonds is 7. The Morgan fingerprint density at radius 1 is 0.822 bits per heavy atom. The lowest BCUT2D eigenvalue weighted by Gasteiger charge is -2.34. The van der Waals surface area contributed by atoms with E-state index in [0.29, 0.717) is 19.4 Å². The lowest BCUT2D eigenvalue weighted by molar-refractivity contribution is -0.143. The molecule has 5 rings (SSSR count). The van der Waals surface area contributed by atoms with Crippen molar-refractivity contribution in [3.8, 4) is 0 Å². The number of piperidine rings is 1. The molecule has 0 aromatic rings. The molecule has 10 heteroatoms. The van der Waals surface area contributed by atoms with Gasteiger partial charge in [-0.15, -0.1) is 0 Å². The molecule has 4 amide bonds. The Balaban J connectivity index is 1.34. The van der Waals surface area contributed by atoms with Crippen molar-refractivity contribution in [2.24, 2.45) is 29.1 Å². The largest absolute Gasteiger partial charge is 0.344 e. The van der Waals surface area contributed by atoms with Crippen LogP contribution in [0.1, 0.15) is 124 Å². The van der Waals surface area contributed by atoms with Crippen molar-refractivity contribution in [3.05, 3.63) is 0 Å². The Hall–Kier alpha value is -2.78. The minimum atomic E-state index is -0.902. The van der Waals surface area contributed by atoms with E-state index < -0.39 is 47.7 Å². The molecule has 6 atom stereocenters. The van der Waals surface area contributed by atoms with Gasteiger partial charge in [0.25, 0.3) is 0 Å². The van der Waals surface area contributed by atoms with Crippen LogP contribution in [0.15, 0.2) is 0 Å². The second kappa shape index (κ2) is 14.3. The molecule has 2 saturated heterocycles. The monoisotopic (exact) mass is 626 g/mol. The molecule has 5 aliphatic rings. The first-order chi connectivity index (χ1) is 21.5. The highest BCUT2D eigenvalue weighted by Gasteiger charge is 2.69. The fraction of sp³-hybridized carbons (Fsp3) is 0.829. The Labute approximate surface area is 267 Å². The van der Waals surface area contributed by atoms with Gasteiger partial charge in [-0.1, -0.05) is 78.1 Å². The molecule has 0 spiro atoms. The SMILES string of the molecule is CC(=O)C(=O)[C@@H]1CCCCCCCCC[C@H](NC(=O)N[C@H](C(=O)C2CC2)C2CCCCC2)C(=O)N2C[C@H]3[C@@H]([C@H]2C(=O)N1)C3(C)C. The molecule has 3 saturated carbocycles. The van der Waals surface area contributed by atoms with Crippen LogP contribution in [0.25, 0.3) is 0 Å². The maximum absolute atomic E-state index is 14.3. The summed E-state index contributed by atoms with van der Waals surface area (Å²) in [5, 5.41) is 8.83. The Kier molecular flexibility index (Phi) is 10.7. The van der Waals surface area contributed by atoms with Crippen molar-refractivity contribution in [2.75, 3.05) is 6.54 Å². The number of nitrogens with one attached hydrogen (secondary N) is 3. The number of amides is 4. The van der Waals surface area contributed by atoms with Gasteiger partial charge in [0.1, 0.15) is 12.1 Å². The van der Waals surface area contributed by atoms with Crippen LogP contribution in [0, 0.1) is 29.1 Å². The zero-order valence-corrected chi connectivity index (χ0v) is 27.5. The van der Waals surface area contributed by atoms with Gasteiger partial charge in [0.05, 0.1) is 12.1 Å². The molecule has 2 aliphatic heterocycles. The number of Topliss-reactive ketones (excluding diaryl/α,β-unsaturated/α-hetero) is 3. The standard InChI is InChI=1S/C35H54N4O6/c1-21(40)30(41)25-16-12-7-5-4-6-8-13-17-26(33(44)39-20-24-27(35(24,2)3)29(39)32(43)36-25)37-34(45)38-28(31(42)23-18-19-23)22-14-10-9-11-15-22/h22-29H,4-20H2,1-3H3,(H,36,43)(H2,37,38,45)/t24-,25-,26-,27-,28-,29-/m0/s1. The van der Waals surface area contributed by atoms with E-state index in [4.69, 9.17) is 0 Å². The Morgan fingerprint density at radius 3 is 2.02 bits per heavy atom. The van der Waals surface area contributed by atoms with Gasteiger partial charge in [-0.25, -0.2) is 4.79 Å². The fourth-order valence-corrected chi connectivity index (χ4v) is 8.47. The number of hydrogen-bond acceptors (Lipinski definition) is 6. The molecule has 10 nitrogen and oxygen atoms in total. The average Bonchev–Trinajstić information content (AvgIpc) is 3.90. The van der Waals surface area contributed by atoms with E-state index in [1.54, 1.807) is 4.90 Å². The lowest BCUT2D eigenvalue weighted by Crippen LogP contribution is -2.59. The number of nitrogens with zero attached hydrogens (tertiary/aromatic N) is 1. The molecular weight excluding hydrogens is 572 g/mol. The van der Waals surface area contributed by atoms with Crippen molar-refractivity contribution >= 4 is 35.2 Å². The van der Waals surface area contributed by atoms with Gasteiger partial charge in [0.2, 0.25) is 17.6 Å². The number of hydrogen-bond donors (Lipinski definition) is 3. The van der Waals surface area contributed by atoms with Crippen LogP contribution in [0.4, 0.5) is 4.79 Å². The van der Waals surface area contributed by atoms with E-state index in [0.717, 1.165) is 89.9 Å². The van der Waals surface area contributed by atoms with E-state index in [9.17, 15) is 28.8 Å². The molecule has 45 heavy (non-hydrogen) atoms. The molecule has 2 heterocycles. The number of carbonyl (C=O) groups excluding carboxylic acids is 6. The summed E-state index contributed by atoms with van der Waals surface area (Å²) in [5.74, 6) is -1.53. The van der Waals surface area contributed by atoms with E-state index >= 15 is 0 Å². The summed E-state index contributed by atoms with van der Waals surface area (Å²) >= 11 is 0. The van der Waals surface area contributed by atoms with Gasteiger partial charge in [0.15, 0.2) is 11.6 Å². The third-order valence-corrected chi connectivity index (χ3v) is 11.5. The molecule has 5 fully saturated rings. The van der Waals surface area contributed by atoms with Gasteiger partial charge in [-0.2, -0.15) is 0 Å². The summed E-state index contributed by atoms with van der Waals surface area (Å²) in [6, 6.07) is -3.53. The highest BCUT2D eigenvalue weighted by molar-refractivity contribution is 6.38. The van der Waals surface area contributed by atoms with E-state index in [-0.39, 0.29) is 40.8 Å². The van der Waals surface area contributed by atoms with Gasteiger partial charge >= 0.3 is 6.03 Å². The van der Waals surface area contributed by atoms with E-state index in [2.05, 4.69) is 29.8 Å². The first-order valence-corrected chi connectivity index (χ1v) is 17.8. The van der Waals surface area contributed by atoms with E-state index in [1.165, 1.54) is 6.92 Å². The van der Waals surface area contributed by atoms with Crippen LogP contribution in [-0.2, 0) is 24.0 Å². The minimum absolute atomic E-state index is 0.0270. The molecular formula is C35H54N4O6. The molecule has 0 aromatic heterocycles. The summed E-state index contributed by atoms with van der Waals surface area (Å²) < 4.78 is 0. The van der Waals surface area contributed by atoms with E-state index in [1.807, 2.05) is 0 Å². The minimum Gasteiger partial charge on any atom is -0.344 e. The molecule has 0 bridgehead atoms. The second-order valence-corrected chi connectivity index (χ2v) is 15.1. The van der Waals surface area contributed by atoms with Crippen LogP contribution >= 0.6 is 0 Å². The van der Waals surface area contributed by atoms with Crippen LogP contribution in [0.3, 0.4) is 0 Å². The van der Waals surface area contributed by atoms with Crippen molar-refractivity contribution in [3.63, 3.8) is 0 Å². The van der Waals surface area contributed by atoms with Crippen molar-refractivity contribution < 1.29 is 28.8 Å². The summed E-state index contributed by atoms with van der Waals surface area (Å²) in [5.41, 5.74) is -0.129. The number of fused-ring (bicyclic) bond motifs is 3. The summed E-state index contributed by atoms with van der Waals surface area (Å²) in [4.78, 5) is 81.4. The third kappa shape index (κ3) is 7.79. The molecule has 3 N–H and O–H groups in total. The zero-order valence-electron chi connectivity index (χ0n) is 27.5. The van der Waals surface area contributed by atoms with Gasteiger partial charge in [0, 0.05) is 19.4 Å². The Morgan fingerprint density at radius 2 is 1.40 bits per heavy atom. The lowest BCUT2D eigenvalue weighted by atomic mass is 9.81. The highest BCUT2D eigenvalue weighted by atomic mass is 16.2. The van der Waals surface area contributed by atoms with Crippen LogP contribution in [0.2, 0.25) is 0 Å². The van der Waals surface area contributed by atoms with Gasteiger partial charge < -0.3 is 20.9 Å². The molecule has 250 valence electrons. The maximum Gasteiger partial charge on any atom is 0.316 e. The van der Waals surface area contributed by atoms with Crippen LogP contribution in [0.5, 0.6) is 0 Å². The van der Waals surface area contributed by atoms with Crippen LogP contribution in [-0.4, -0.2) is 70.8 Å². The van der Waals surface area contributed by atoms with Crippen molar-refractivity contribution in [1.29, 1.82) is 0 Å². The number of ketones is 3. The van der Waals surface area contributed by atoms with Crippen molar-refractivity contribution in [2.45, 2.75) is 148 Å². The predicted octanol–water partition coefficient (Wildman–Crippen LogP) is 4.23.